The molecule has 5 saturated carbocycles. The predicted octanol–water partition coefficient (Wildman–Crippen LogP) is 7.25. The fourth-order valence-electron chi connectivity index (χ4n) is 12.4. The van der Waals surface area contributed by atoms with Crippen LogP contribution in [0.2, 0.25) is 0 Å². The minimum absolute atomic E-state index is 0.0202. The predicted molar refractivity (Wildman–Crippen MR) is 163 cm³/mol. The summed E-state index contributed by atoms with van der Waals surface area (Å²) in [7, 11) is 0. The van der Waals surface area contributed by atoms with Gasteiger partial charge >= 0.3 is 12.0 Å². The molecule has 0 aromatic carbocycles. The lowest BCUT2D eigenvalue weighted by molar-refractivity contribution is -0.248. The van der Waals surface area contributed by atoms with Gasteiger partial charge in [-0.15, -0.1) is 0 Å². The number of rotatable bonds is 2. The SMILES string of the molecule is C=C(C)[C@@H]1CC[C@]2(C(=O)O)CC[C@]3(C)[C@H](CC[C@@H]4[C@@]5(C)CC[C@H](O)C(C)(C)[C@@H]5CC[C@]43C)[C@@H]12.NC(=O)N1CCCC1. The van der Waals surface area contributed by atoms with Crippen LogP contribution in [0.1, 0.15) is 119 Å². The van der Waals surface area contributed by atoms with Gasteiger partial charge in [0.25, 0.3) is 0 Å². The molecule has 0 bridgehead atoms. The molecular weight excluding hydrogens is 512 g/mol. The molecule has 10 atom stereocenters. The first-order chi connectivity index (χ1) is 19.1. The average Bonchev–Trinajstić information content (AvgIpc) is 3.57. The van der Waals surface area contributed by atoms with Crippen LogP contribution in [0.15, 0.2) is 12.2 Å². The number of aliphatic hydroxyl groups is 1. The van der Waals surface area contributed by atoms with Crippen molar-refractivity contribution in [2.75, 3.05) is 13.1 Å². The van der Waals surface area contributed by atoms with Crippen LogP contribution in [0.25, 0.3) is 0 Å². The van der Waals surface area contributed by atoms with E-state index in [1.165, 1.54) is 31.3 Å². The first kappa shape index (κ1) is 30.9. The third-order valence-electron chi connectivity index (χ3n) is 14.9. The Kier molecular flexibility index (Phi) is 7.73. The van der Waals surface area contributed by atoms with Crippen molar-refractivity contribution < 1.29 is 19.8 Å². The first-order valence-corrected chi connectivity index (χ1v) is 16.7. The first-order valence-electron chi connectivity index (χ1n) is 16.7. The lowest BCUT2D eigenvalue weighted by Crippen LogP contribution is -2.67. The van der Waals surface area contributed by atoms with Gasteiger partial charge in [0.2, 0.25) is 0 Å². The fraction of sp³-hybridized carbons (Fsp3) is 0.886. The van der Waals surface area contributed by atoms with E-state index in [9.17, 15) is 19.8 Å². The zero-order valence-electron chi connectivity index (χ0n) is 26.8. The molecule has 1 saturated heterocycles. The van der Waals surface area contributed by atoms with Gasteiger partial charge in [-0.05, 0) is 135 Å². The van der Waals surface area contributed by atoms with Crippen LogP contribution < -0.4 is 5.73 Å². The largest absolute Gasteiger partial charge is 0.481 e. The number of carboxylic acids is 1. The number of primary amides is 1. The van der Waals surface area contributed by atoms with E-state index >= 15 is 0 Å². The Morgan fingerprint density at radius 1 is 0.829 bits per heavy atom. The third-order valence-corrected chi connectivity index (χ3v) is 14.9. The van der Waals surface area contributed by atoms with E-state index in [0.29, 0.717) is 23.7 Å². The average molecular weight is 571 g/mol. The molecule has 0 spiro atoms. The van der Waals surface area contributed by atoms with Crippen LogP contribution in [0.3, 0.4) is 0 Å². The maximum absolute atomic E-state index is 12.8. The summed E-state index contributed by atoms with van der Waals surface area (Å²) in [5.41, 5.74) is 6.34. The number of nitrogens with two attached hydrogens (primary N) is 1. The maximum Gasteiger partial charge on any atom is 0.314 e. The van der Waals surface area contributed by atoms with Gasteiger partial charge in [-0.2, -0.15) is 0 Å². The van der Waals surface area contributed by atoms with Crippen molar-refractivity contribution in [3.63, 3.8) is 0 Å². The van der Waals surface area contributed by atoms with Crippen LogP contribution in [0.5, 0.6) is 0 Å². The van der Waals surface area contributed by atoms with E-state index < -0.39 is 11.4 Å². The van der Waals surface area contributed by atoms with Crippen molar-refractivity contribution in [3.8, 4) is 0 Å². The van der Waals surface area contributed by atoms with Gasteiger partial charge in [-0.3, -0.25) is 4.79 Å². The lowest BCUT2D eigenvalue weighted by Gasteiger charge is -2.72. The van der Waals surface area contributed by atoms with E-state index in [2.05, 4.69) is 48.1 Å². The zero-order chi connectivity index (χ0) is 30.2. The standard InChI is InChI=1S/C30H48O3.C5H10N2O/c1-18(2)19-10-15-30(25(32)33)17-16-28(6)20(24(19)30)8-9-22-27(5)13-12-23(31)26(3,4)21(27)11-14-29(22,28)7;6-5(8)7-3-1-2-4-7/h19-24,31H,1,8-17H2,2-7H3,(H,32,33);1-4H2,(H2,6,8)/t19-,20+,21-,22+,23-,24+,27-,28+,29+,30-;/m0./s1. The molecule has 6 rings (SSSR count). The summed E-state index contributed by atoms with van der Waals surface area (Å²) in [5, 5.41) is 21.4. The highest BCUT2D eigenvalue weighted by molar-refractivity contribution is 5.76. The molecule has 0 unspecified atom stereocenters. The number of amides is 2. The minimum Gasteiger partial charge on any atom is -0.481 e. The summed E-state index contributed by atoms with van der Waals surface area (Å²) < 4.78 is 0. The van der Waals surface area contributed by atoms with Crippen LogP contribution >= 0.6 is 0 Å². The third kappa shape index (κ3) is 4.34. The molecule has 6 nitrogen and oxygen atoms in total. The summed E-state index contributed by atoms with van der Waals surface area (Å²) in [4.78, 5) is 24.8. The molecule has 6 aliphatic rings. The Balaban J connectivity index is 0.000000365. The number of fused-ring (bicyclic) bond motifs is 7. The highest BCUT2D eigenvalue weighted by Gasteiger charge is 2.72. The molecule has 6 heteroatoms. The quantitative estimate of drug-likeness (QED) is 0.304. The highest BCUT2D eigenvalue weighted by Crippen LogP contribution is 2.77. The second kappa shape index (κ2) is 10.3. The molecule has 6 fully saturated rings. The van der Waals surface area contributed by atoms with Gasteiger partial charge in [0, 0.05) is 13.1 Å². The van der Waals surface area contributed by atoms with Gasteiger partial charge in [0.15, 0.2) is 0 Å². The van der Waals surface area contributed by atoms with Crippen LogP contribution in [0.4, 0.5) is 4.79 Å². The van der Waals surface area contributed by atoms with Gasteiger partial charge in [-0.1, -0.05) is 46.8 Å². The Bertz CT molecular complexity index is 1070. The molecule has 0 radical (unpaired) electrons. The monoisotopic (exact) mass is 570 g/mol. The topological polar surface area (TPSA) is 104 Å². The summed E-state index contributed by atoms with van der Waals surface area (Å²) >= 11 is 0. The number of carboxylic acid groups (broad SMARTS) is 1. The number of aliphatic carboxylic acids is 1. The second-order valence-electron chi connectivity index (χ2n) is 16.6. The molecule has 5 aliphatic carbocycles. The van der Waals surface area contributed by atoms with E-state index in [1.54, 1.807) is 4.90 Å². The molecule has 2 amide bonds. The summed E-state index contributed by atoms with van der Waals surface area (Å²) in [5.74, 6) is 1.79. The number of carbonyl (C=O) groups is 2. The van der Waals surface area contributed by atoms with Crippen molar-refractivity contribution in [3.05, 3.63) is 12.2 Å². The number of urea groups is 1. The summed E-state index contributed by atoms with van der Waals surface area (Å²) in [6.07, 6.45) is 12.7. The minimum atomic E-state index is -0.538. The van der Waals surface area contributed by atoms with Crippen LogP contribution in [-0.4, -0.2) is 46.3 Å². The number of hydrogen-bond acceptors (Lipinski definition) is 3. The molecule has 232 valence electrons. The summed E-state index contributed by atoms with van der Waals surface area (Å²) in [6, 6.07) is -0.275. The Morgan fingerprint density at radius 3 is 2.05 bits per heavy atom. The molecule has 1 aliphatic heterocycles. The number of aliphatic hydroxyl groups excluding tert-OH is 1. The van der Waals surface area contributed by atoms with Gasteiger partial charge in [-0.25, -0.2) is 4.79 Å². The van der Waals surface area contributed by atoms with Crippen molar-refractivity contribution in [1.29, 1.82) is 0 Å². The molecule has 4 N–H and O–H groups in total. The molecule has 0 aromatic rings. The number of hydrogen-bond donors (Lipinski definition) is 3. The van der Waals surface area contributed by atoms with Crippen molar-refractivity contribution in [2.24, 2.45) is 62.4 Å². The van der Waals surface area contributed by atoms with E-state index in [0.717, 1.165) is 64.5 Å². The number of carbonyl (C=O) groups excluding carboxylic acids is 1. The maximum atomic E-state index is 12.8. The Morgan fingerprint density at radius 2 is 1.49 bits per heavy atom. The van der Waals surface area contributed by atoms with E-state index in [-0.39, 0.29) is 39.7 Å². The van der Waals surface area contributed by atoms with E-state index in [1.807, 2.05) is 0 Å². The van der Waals surface area contributed by atoms with Gasteiger partial charge in [0.1, 0.15) is 0 Å². The highest BCUT2D eigenvalue weighted by atomic mass is 16.4. The molecule has 41 heavy (non-hydrogen) atoms. The summed E-state index contributed by atoms with van der Waals surface area (Å²) in [6.45, 7) is 20.6. The van der Waals surface area contributed by atoms with Crippen molar-refractivity contribution >= 4 is 12.0 Å². The Labute approximate surface area is 248 Å². The Hall–Kier alpha value is -1.56. The molecular formula is C35H58N2O4. The van der Waals surface area contributed by atoms with E-state index in [4.69, 9.17) is 5.73 Å². The van der Waals surface area contributed by atoms with Gasteiger partial charge < -0.3 is 20.8 Å². The van der Waals surface area contributed by atoms with Crippen molar-refractivity contribution in [1.82, 2.24) is 4.90 Å². The number of likely N-dealkylation sites (tertiary alicyclic amines) is 1. The zero-order valence-corrected chi connectivity index (χ0v) is 26.8. The molecule has 0 aromatic heterocycles. The second-order valence-corrected chi connectivity index (χ2v) is 16.6. The smallest absolute Gasteiger partial charge is 0.314 e. The van der Waals surface area contributed by atoms with Gasteiger partial charge in [0.05, 0.1) is 11.5 Å². The number of allylic oxidation sites excluding steroid dienone is 1. The van der Waals surface area contributed by atoms with Crippen LogP contribution in [-0.2, 0) is 4.79 Å². The molecule has 1 heterocycles. The van der Waals surface area contributed by atoms with Crippen molar-refractivity contribution in [2.45, 2.75) is 125 Å². The van der Waals surface area contributed by atoms with Crippen LogP contribution in [0, 0.1) is 56.7 Å². The normalized spacial score (nSPS) is 48.0. The number of nitrogens with zero attached hydrogens (tertiary/aromatic N) is 1. The fourth-order valence-corrected chi connectivity index (χ4v) is 12.4. The lowest BCUT2D eigenvalue weighted by atomic mass is 9.32.